The van der Waals surface area contributed by atoms with Crippen molar-refractivity contribution in [3.8, 4) is 17.2 Å². The second kappa shape index (κ2) is 27.1. The van der Waals surface area contributed by atoms with Gasteiger partial charge in [0, 0.05) is 79.7 Å². The predicted octanol–water partition coefficient (Wildman–Crippen LogP) is 4.76. The Kier molecular flexibility index (Phi) is 19.6. The molecule has 1 amide bonds. The van der Waals surface area contributed by atoms with Crippen LogP contribution in [0.1, 0.15) is 162 Å². The Labute approximate surface area is 574 Å². The third kappa shape index (κ3) is 12.1. The molecule has 2 aliphatic heterocycles. The van der Waals surface area contributed by atoms with E-state index in [4.69, 9.17) is 43.6 Å². The highest BCUT2D eigenvalue weighted by Gasteiger charge is 2.78. The molecule has 0 unspecified atom stereocenters. The second-order valence-corrected chi connectivity index (χ2v) is 27.5. The van der Waals surface area contributed by atoms with Crippen LogP contribution >= 0.6 is 0 Å². The van der Waals surface area contributed by atoms with Gasteiger partial charge in [-0.05, 0) is 74.7 Å². The van der Waals surface area contributed by atoms with Crippen LogP contribution in [0, 0.1) is 16.7 Å². The summed E-state index contributed by atoms with van der Waals surface area (Å²) in [6.07, 6.45) is -15.0. The highest BCUT2D eigenvalue weighted by Crippen LogP contribution is 2.65. The molecule has 26 heteroatoms. The Morgan fingerprint density at radius 3 is 1.93 bits per heavy atom. The van der Waals surface area contributed by atoms with Crippen LogP contribution in [0.3, 0.4) is 0 Å². The lowest BCUT2D eigenvalue weighted by Gasteiger charge is -2.67. The minimum absolute atomic E-state index is 0.00289. The number of Topliss-reactive ketones (excluding diaryl/α,β-unsaturated/α-hetero) is 2. The number of fused-ring (bicyclic) bond motifs is 8. The number of phenols is 2. The fourth-order valence-corrected chi connectivity index (χ4v) is 15.8. The molecule has 2 heterocycles. The summed E-state index contributed by atoms with van der Waals surface area (Å²) in [4.78, 5) is 123. The number of amides is 1. The van der Waals surface area contributed by atoms with Crippen LogP contribution in [0.25, 0.3) is 0 Å². The van der Waals surface area contributed by atoms with Crippen molar-refractivity contribution in [1.82, 2.24) is 5.32 Å². The van der Waals surface area contributed by atoms with E-state index >= 15 is 4.79 Å². The van der Waals surface area contributed by atoms with Gasteiger partial charge in [0.25, 0.3) is 5.91 Å². The molecule has 5 aromatic carbocycles. The van der Waals surface area contributed by atoms with E-state index in [2.05, 4.69) is 5.32 Å². The van der Waals surface area contributed by atoms with Crippen LogP contribution in [0.5, 0.6) is 17.2 Å². The number of aliphatic hydroxyl groups excluding tert-OH is 3. The van der Waals surface area contributed by atoms with E-state index in [1.165, 1.54) is 58.2 Å². The molecule has 17 atom stereocenters. The normalized spacial score (nSPS) is 31.3. The first-order valence-electron chi connectivity index (χ1n) is 32.7. The van der Waals surface area contributed by atoms with E-state index in [-0.39, 0.29) is 76.1 Å². The fourth-order valence-electron chi connectivity index (χ4n) is 15.8. The number of hydrogen-bond acceptors (Lipinski definition) is 25. The van der Waals surface area contributed by atoms with E-state index in [1.807, 2.05) is 0 Å². The van der Waals surface area contributed by atoms with Gasteiger partial charge in [-0.1, -0.05) is 92.7 Å². The van der Waals surface area contributed by atoms with Crippen molar-refractivity contribution in [2.24, 2.45) is 22.5 Å². The lowest BCUT2D eigenvalue weighted by Crippen LogP contribution is -2.82. The Morgan fingerprint density at radius 1 is 0.730 bits per heavy atom. The van der Waals surface area contributed by atoms with Crippen LogP contribution in [-0.2, 0) is 63.6 Å². The molecule has 0 spiro atoms. The summed E-state index contributed by atoms with van der Waals surface area (Å²) in [6.45, 7) is 10.8. The molecule has 5 aliphatic carbocycles. The van der Waals surface area contributed by atoms with Crippen molar-refractivity contribution in [3.05, 3.63) is 170 Å². The molecular weight excluding hydrogens is 1300 g/mol. The quantitative estimate of drug-likeness (QED) is 0.0307. The maximum absolute atomic E-state index is 15.5. The number of esters is 4. The van der Waals surface area contributed by atoms with Crippen LogP contribution in [-0.4, -0.2) is 180 Å². The van der Waals surface area contributed by atoms with Crippen molar-refractivity contribution in [1.29, 1.82) is 0 Å². The summed E-state index contributed by atoms with van der Waals surface area (Å²) in [5.41, 5.74) is -4.05. The Morgan fingerprint density at radius 2 is 1.35 bits per heavy atom. The Hall–Kier alpha value is -9.09. The molecule has 7 aliphatic rings. The van der Waals surface area contributed by atoms with Gasteiger partial charge in [-0.15, -0.1) is 0 Å². The van der Waals surface area contributed by atoms with Crippen molar-refractivity contribution in [2.45, 2.75) is 178 Å². The molecule has 5 aromatic rings. The van der Waals surface area contributed by atoms with Crippen LogP contribution in [0.15, 0.2) is 120 Å². The number of phenolic OH excluding ortho intramolecular Hbond substituents is 2. The monoisotopic (exact) mass is 1380 g/mol. The first kappa shape index (κ1) is 72.2. The average Bonchev–Trinajstić information content (AvgIpc) is 0.679. The standard InChI is InChI=1S/C47H51NO14.C27H29NO10/c1-25-31(60-43(56)36(52)35(28-16-10-7-11-17-28)48-41(54)29-18-12-8-13-19-29)23-47(57)40(61-42(55)30-20-14-9-15-21-30)38-45(6,32(51)22-33-46(38,24-58-33)62-27(3)50)39(53)37(59-26(2)49)34(25)44(47,4)5;1-10-22(30)14(28)7-17(37-10)38-16-9-27(35,11(2)29)8-13-19(16)26(34)21-20(24(13)32)23(31)12-5-4-6-15(36-3)18(12)25(21)33/h7-21,31-33,35-38,40,51-52,57H,22-24H2,1-6H3,(H,48,54);4-6,10,14,16-17,22,30,32,34-35H,7-9,28H2,1-3H3/t31-,32-,33+,35-,36+,37+,38-,40-,45+,46-,47+;10-,14-,16-,17-,22+,27-/m00/s1. The van der Waals surface area contributed by atoms with Gasteiger partial charge in [-0.2, -0.15) is 0 Å². The van der Waals surface area contributed by atoms with Gasteiger partial charge in [0.1, 0.15) is 46.8 Å². The van der Waals surface area contributed by atoms with E-state index in [9.17, 15) is 74.1 Å². The summed E-state index contributed by atoms with van der Waals surface area (Å²) in [6, 6.07) is 26.7. The van der Waals surface area contributed by atoms with Crippen LogP contribution in [0.2, 0.25) is 0 Å². The number of nitrogens with two attached hydrogens (primary N) is 1. The molecule has 0 radical (unpaired) electrons. The highest BCUT2D eigenvalue weighted by atomic mass is 16.7. The molecule has 0 aromatic heterocycles. The number of benzene rings is 5. The summed E-state index contributed by atoms with van der Waals surface area (Å²) >= 11 is 0. The van der Waals surface area contributed by atoms with Gasteiger partial charge in [0.15, 0.2) is 41.4 Å². The number of rotatable bonds is 14. The minimum atomic E-state index is -2.39. The van der Waals surface area contributed by atoms with E-state index < -0.39 is 195 Å². The van der Waals surface area contributed by atoms with Gasteiger partial charge >= 0.3 is 23.9 Å². The zero-order valence-electron chi connectivity index (χ0n) is 56.3. The summed E-state index contributed by atoms with van der Waals surface area (Å²) in [7, 11) is 1.34. The first-order chi connectivity index (χ1) is 47.2. The van der Waals surface area contributed by atoms with Crippen molar-refractivity contribution in [3.63, 3.8) is 0 Å². The largest absolute Gasteiger partial charge is 0.507 e. The van der Waals surface area contributed by atoms with Crippen molar-refractivity contribution < 1.29 is 117 Å². The maximum Gasteiger partial charge on any atom is 0.338 e. The molecular formula is C74H80N2O24. The van der Waals surface area contributed by atoms with E-state index in [0.717, 1.165) is 13.8 Å². The van der Waals surface area contributed by atoms with Crippen LogP contribution < -0.4 is 15.8 Å². The molecule has 2 bridgehead atoms. The van der Waals surface area contributed by atoms with Crippen molar-refractivity contribution in [2.75, 3.05) is 13.7 Å². The first-order valence-corrected chi connectivity index (χ1v) is 32.7. The topological polar surface area (TPSA) is 407 Å². The molecule has 4 fully saturated rings. The Balaban J connectivity index is 0.000000226. The molecule has 2 saturated carbocycles. The number of aromatic hydroxyl groups is 2. The van der Waals surface area contributed by atoms with Crippen LogP contribution in [0.4, 0.5) is 0 Å². The molecule has 26 nitrogen and oxygen atoms in total. The average molecular weight is 1380 g/mol. The molecule has 2 saturated heterocycles. The van der Waals surface area contributed by atoms with Gasteiger partial charge in [-0.25, -0.2) is 9.59 Å². The minimum Gasteiger partial charge on any atom is -0.507 e. The zero-order valence-corrected chi connectivity index (χ0v) is 56.3. The lowest BCUT2D eigenvalue weighted by molar-refractivity contribution is -0.346. The molecule has 10 N–H and O–H groups in total. The SMILES string of the molecule is CC(=O)O[C@H]1C(=O)[C@@]2(C)[C@H]([C@H](OC(=O)c3ccccc3)[C@]3(O)C[C@H](OC(=O)[C@H](O)[C@@H](NC(=O)c4ccccc4)c4ccccc4)C(C)=C1C3(C)C)[C@]1(OC(C)=O)CO[C@@H]1C[C@@H]2O.COc1cccc2c1C(=O)c1c(O)c3c(c(O)c1C2=O)C[C@@](O)(C(C)=O)C[C@@H]3O[C@H]1C[C@H](N)[C@H](O)[C@H](C)O1. The number of methoxy groups -OCH3 is 1. The smallest absolute Gasteiger partial charge is 0.338 e. The number of carbonyl (C=O) groups excluding carboxylic acids is 9. The second-order valence-electron chi connectivity index (χ2n) is 27.5. The van der Waals surface area contributed by atoms with Gasteiger partial charge < -0.3 is 84.7 Å². The Bertz CT molecular complexity index is 4150. The number of aliphatic hydroxyl groups is 5. The summed E-state index contributed by atoms with van der Waals surface area (Å²) in [5.74, 6) is -10.0. The predicted molar refractivity (Wildman–Crippen MR) is 348 cm³/mol. The molecule has 530 valence electrons. The fraction of sp³-hybridized carbons (Fsp3) is 0.446. The van der Waals surface area contributed by atoms with E-state index in [0.29, 0.717) is 5.56 Å². The molecule has 100 heavy (non-hydrogen) atoms. The van der Waals surface area contributed by atoms with Crippen molar-refractivity contribution >= 4 is 52.9 Å². The lowest BCUT2D eigenvalue weighted by atomic mass is 9.44. The van der Waals surface area contributed by atoms with Gasteiger partial charge in [0.05, 0.1) is 77.8 Å². The summed E-state index contributed by atoms with van der Waals surface area (Å²) < 4.78 is 47.3. The summed E-state index contributed by atoms with van der Waals surface area (Å²) in [5, 5.41) is 84.4. The number of carbonyl (C=O) groups is 9. The number of ketones is 4. The number of nitrogens with one attached hydrogen (secondary N) is 1. The number of hydrogen-bond donors (Lipinski definition) is 9. The third-order valence-electron chi connectivity index (χ3n) is 21.3. The van der Waals surface area contributed by atoms with E-state index in [1.54, 1.807) is 99.6 Å². The third-order valence-corrected chi connectivity index (χ3v) is 21.3. The highest BCUT2D eigenvalue weighted by molar-refractivity contribution is 6.31. The maximum atomic E-state index is 15.5. The van der Waals surface area contributed by atoms with Gasteiger partial charge in [0.2, 0.25) is 5.78 Å². The zero-order chi connectivity index (χ0) is 72.6. The molecule has 12 rings (SSSR count). The number of ether oxygens (including phenoxy) is 8. The van der Waals surface area contributed by atoms with Gasteiger partial charge in [-0.3, -0.25) is 33.6 Å².